The fourth-order valence-corrected chi connectivity index (χ4v) is 2.41. The summed E-state index contributed by atoms with van der Waals surface area (Å²) in [7, 11) is 2.09. The van der Waals surface area contributed by atoms with Gasteiger partial charge in [0.05, 0.1) is 5.56 Å². The van der Waals surface area contributed by atoms with Gasteiger partial charge in [-0.1, -0.05) is 6.92 Å². The topological polar surface area (TPSA) is 52.6 Å². The molecule has 0 atom stereocenters. The summed E-state index contributed by atoms with van der Waals surface area (Å²) in [6, 6.07) is 3.38. The van der Waals surface area contributed by atoms with Crippen LogP contribution in [-0.2, 0) is 0 Å². The molecule has 110 valence electrons. The second-order valence-corrected chi connectivity index (χ2v) is 5.96. The third-order valence-electron chi connectivity index (χ3n) is 4.07. The fraction of sp³-hybridized carbons (Fsp3) is 0.533. The number of nitrogens with zero attached hydrogens (tertiary/aromatic N) is 1. The van der Waals surface area contributed by atoms with Gasteiger partial charge in [0, 0.05) is 6.54 Å². The zero-order chi connectivity index (χ0) is 14.8. The lowest BCUT2D eigenvalue weighted by Gasteiger charge is -2.37. The molecule has 0 saturated carbocycles. The number of likely N-dealkylation sites (tertiary alicyclic amines) is 1. The molecule has 20 heavy (non-hydrogen) atoms. The van der Waals surface area contributed by atoms with Crippen LogP contribution in [0.2, 0.25) is 0 Å². The van der Waals surface area contributed by atoms with E-state index in [1.165, 1.54) is 6.07 Å². The molecule has 0 radical (unpaired) electrons. The predicted molar refractivity (Wildman–Crippen MR) is 75.2 cm³/mol. The molecule has 0 spiro atoms. The maximum atomic E-state index is 13.1. The minimum Gasteiger partial charge on any atom is -0.507 e. The quantitative estimate of drug-likeness (QED) is 0.890. The van der Waals surface area contributed by atoms with Gasteiger partial charge in [-0.05, 0) is 56.6 Å². The first kappa shape index (κ1) is 14.8. The van der Waals surface area contributed by atoms with E-state index < -0.39 is 11.7 Å². The largest absolute Gasteiger partial charge is 0.507 e. The third kappa shape index (κ3) is 3.48. The van der Waals surface area contributed by atoms with Crippen molar-refractivity contribution in [2.75, 3.05) is 26.7 Å². The van der Waals surface area contributed by atoms with Crippen molar-refractivity contribution in [3.63, 3.8) is 0 Å². The summed E-state index contributed by atoms with van der Waals surface area (Å²) in [6.07, 6.45) is 2.03. The molecule has 0 aromatic heterocycles. The second-order valence-electron chi connectivity index (χ2n) is 5.96. The van der Waals surface area contributed by atoms with E-state index in [0.717, 1.165) is 38.1 Å². The Morgan fingerprint density at radius 2 is 2.10 bits per heavy atom. The SMILES string of the molecule is CN1CCC(C)(CNC(=O)c2cc(F)ccc2O)CC1. The molecule has 1 aromatic rings. The van der Waals surface area contributed by atoms with Crippen LogP contribution in [0.15, 0.2) is 18.2 Å². The molecule has 1 aliphatic rings. The summed E-state index contributed by atoms with van der Waals surface area (Å²) in [6.45, 7) is 4.70. The van der Waals surface area contributed by atoms with Gasteiger partial charge >= 0.3 is 0 Å². The second kappa shape index (κ2) is 5.79. The van der Waals surface area contributed by atoms with Gasteiger partial charge in [0.15, 0.2) is 0 Å². The number of carbonyl (C=O) groups is 1. The lowest BCUT2D eigenvalue weighted by Crippen LogP contribution is -2.43. The van der Waals surface area contributed by atoms with Crippen LogP contribution in [0.3, 0.4) is 0 Å². The van der Waals surface area contributed by atoms with Crippen LogP contribution in [0.25, 0.3) is 0 Å². The van der Waals surface area contributed by atoms with Crippen molar-refractivity contribution in [1.29, 1.82) is 0 Å². The predicted octanol–water partition coefficient (Wildman–Crippen LogP) is 1.99. The van der Waals surface area contributed by atoms with Crippen molar-refractivity contribution < 1.29 is 14.3 Å². The summed E-state index contributed by atoms with van der Waals surface area (Å²) >= 11 is 0. The van der Waals surface area contributed by atoms with Crippen molar-refractivity contribution in [2.24, 2.45) is 5.41 Å². The van der Waals surface area contributed by atoms with E-state index in [2.05, 4.69) is 24.2 Å². The Kier molecular flexibility index (Phi) is 4.28. The molecule has 1 amide bonds. The molecule has 5 heteroatoms. The van der Waals surface area contributed by atoms with Crippen LogP contribution in [-0.4, -0.2) is 42.6 Å². The molecule has 1 aromatic carbocycles. The van der Waals surface area contributed by atoms with Crippen LogP contribution in [0.1, 0.15) is 30.1 Å². The Morgan fingerprint density at radius 3 is 2.75 bits per heavy atom. The molecule has 2 rings (SSSR count). The number of phenols is 1. The molecular weight excluding hydrogens is 259 g/mol. The van der Waals surface area contributed by atoms with E-state index in [4.69, 9.17) is 0 Å². The van der Waals surface area contributed by atoms with Crippen molar-refractivity contribution in [3.8, 4) is 5.75 Å². The number of rotatable bonds is 3. The maximum Gasteiger partial charge on any atom is 0.255 e. The van der Waals surface area contributed by atoms with Gasteiger partial charge in [-0.15, -0.1) is 0 Å². The molecule has 1 aliphatic heterocycles. The number of phenolic OH excluding ortho intramolecular Hbond substituents is 1. The number of piperidine rings is 1. The molecule has 0 aliphatic carbocycles. The molecule has 0 bridgehead atoms. The van der Waals surface area contributed by atoms with Crippen LogP contribution in [0.4, 0.5) is 4.39 Å². The first-order valence-corrected chi connectivity index (χ1v) is 6.85. The zero-order valence-corrected chi connectivity index (χ0v) is 11.9. The Balaban J connectivity index is 1.97. The molecule has 1 fully saturated rings. The third-order valence-corrected chi connectivity index (χ3v) is 4.07. The van der Waals surface area contributed by atoms with Crippen LogP contribution >= 0.6 is 0 Å². The smallest absolute Gasteiger partial charge is 0.255 e. The van der Waals surface area contributed by atoms with Gasteiger partial charge in [-0.3, -0.25) is 4.79 Å². The van der Waals surface area contributed by atoms with E-state index in [1.54, 1.807) is 0 Å². The number of amides is 1. The van der Waals surface area contributed by atoms with Gasteiger partial charge in [-0.2, -0.15) is 0 Å². The number of hydrogen-bond acceptors (Lipinski definition) is 3. The van der Waals surface area contributed by atoms with E-state index in [9.17, 15) is 14.3 Å². The Bertz CT molecular complexity index is 497. The summed E-state index contributed by atoms with van der Waals surface area (Å²) in [5.74, 6) is -1.15. The number of hydrogen-bond donors (Lipinski definition) is 2. The van der Waals surface area contributed by atoms with Gasteiger partial charge < -0.3 is 15.3 Å². The minimum atomic E-state index is -0.529. The highest BCUT2D eigenvalue weighted by Crippen LogP contribution is 2.29. The Hall–Kier alpha value is -1.62. The molecule has 1 saturated heterocycles. The first-order valence-electron chi connectivity index (χ1n) is 6.85. The van der Waals surface area contributed by atoms with Gasteiger partial charge in [0.2, 0.25) is 0 Å². The summed E-state index contributed by atoms with van der Waals surface area (Å²) in [4.78, 5) is 14.3. The maximum absolute atomic E-state index is 13.1. The number of nitrogens with one attached hydrogen (secondary N) is 1. The Morgan fingerprint density at radius 1 is 1.45 bits per heavy atom. The number of benzene rings is 1. The monoisotopic (exact) mass is 280 g/mol. The fourth-order valence-electron chi connectivity index (χ4n) is 2.41. The van der Waals surface area contributed by atoms with Crippen molar-refractivity contribution in [3.05, 3.63) is 29.6 Å². The molecule has 2 N–H and O–H groups in total. The normalized spacial score (nSPS) is 18.8. The molecular formula is C15H21FN2O2. The van der Waals surface area contributed by atoms with E-state index in [-0.39, 0.29) is 16.7 Å². The molecule has 1 heterocycles. The highest BCUT2D eigenvalue weighted by Gasteiger charge is 2.29. The van der Waals surface area contributed by atoms with Crippen LogP contribution in [0, 0.1) is 11.2 Å². The molecule has 0 unspecified atom stereocenters. The zero-order valence-electron chi connectivity index (χ0n) is 11.9. The molecule has 4 nitrogen and oxygen atoms in total. The van der Waals surface area contributed by atoms with Gasteiger partial charge in [0.1, 0.15) is 11.6 Å². The average molecular weight is 280 g/mol. The van der Waals surface area contributed by atoms with E-state index >= 15 is 0 Å². The summed E-state index contributed by atoms with van der Waals surface area (Å²) in [5.41, 5.74) is 0.0482. The van der Waals surface area contributed by atoms with Crippen LogP contribution in [0.5, 0.6) is 5.75 Å². The standard InChI is InChI=1S/C15H21FN2O2/c1-15(5-7-18(2)8-6-15)10-17-14(20)12-9-11(16)3-4-13(12)19/h3-4,9,19H,5-8,10H2,1-2H3,(H,17,20). The van der Waals surface area contributed by atoms with E-state index in [0.29, 0.717) is 6.54 Å². The minimum absolute atomic E-state index is 0.0125. The van der Waals surface area contributed by atoms with Crippen molar-refractivity contribution >= 4 is 5.91 Å². The Labute approximate surface area is 118 Å². The number of halogens is 1. The average Bonchev–Trinajstić information content (AvgIpc) is 2.43. The lowest BCUT2D eigenvalue weighted by molar-refractivity contribution is 0.0888. The lowest BCUT2D eigenvalue weighted by atomic mass is 9.80. The highest BCUT2D eigenvalue weighted by atomic mass is 19.1. The summed E-state index contributed by atoms with van der Waals surface area (Å²) < 4.78 is 13.1. The first-order chi connectivity index (χ1) is 9.39. The van der Waals surface area contributed by atoms with Crippen molar-refractivity contribution in [1.82, 2.24) is 10.2 Å². The van der Waals surface area contributed by atoms with Gasteiger partial charge in [-0.25, -0.2) is 4.39 Å². The highest BCUT2D eigenvalue weighted by molar-refractivity contribution is 5.96. The number of aromatic hydroxyl groups is 1. The number of carbonyl (C=O) groups excluding carboxylic acids is 1. The van der Waals surface area contributed by atoms with Gasteiger partial charge in [0.25, 0.3) is 5.91 Å². The summed E-state index contributed by atoms with van der Waals surface area (Å²) in [5, 5.41) is 12.4. The van der Waals surface area contributed by atoms with E-state index in [1.807, 2.05) is 0 Å². The van der Waals surface area contributed by atoms with Crippen molar-refractivity contribution in [2.45, 2.75) is 19.8 Å². The van der Waals surface area contributed by atoms with Crippen LogP contribution < -0.4 is 5.32 Å².